The first-order chi connectivity index (χ1) is 16.6. The number of H-pyrrole nitrogens is 1. The Balaban J connectivity index is 1.26. The summed E-state index contributed by atoms with van der Waals surface area (Å²) >= 11 is 0. The highest BCUT2D eigenvalue weighted by Crippen LogP contribution is 2.24. The molecule has 0 saturated carbocycles. The lowest BCUT2D eigenvalue weighted by atomic mass is 10.1. The van der Waals surface area contributed by atoms with Gasteiger partial charge < -0.3 is 24.4 Å². The fraction of sp³-hybridized carbons (Fsp3) is 0.269. The molecule has 0 radical (unpaired) electrons. The van der Waals surface area contributed by atoms with Crippen molar-refractivity contribution < 1.29 is 18.7 Å². The number of rotatable bonds is 6. The van der Waals surface area contributed by atoms with Crippen LogP contribution in [0.1, 0.15) is 51.4 Å². The quantitative estimate of drug-likeness (QED) is 0.566. The first-order valence-corrected chi connectivity index (χ1v) is 11.4. The monoisotopic (exact) mass is 458 g/mol. The number of dihydropyridines is 1. The number of aliphatic imine (C=N–C) groups is 1. The van der Waals surface area contributed by atoms with Gasteiger partial charge in [0.15, 0.2) is 5.76 Å². The number of anilines is 1. The summed E-state index contributed by atoms with van der Waals surface area (Å²) in [5.74, 6) is 1.41. The van der Waals surface area contributed by atoms with E-state index in [1.165, 1.54) is 6.26 Å². The van der Waals surface area contributed by atoms with Gasteiger partial charge >= 0.3 is 0 Å². The number of aromatic nitrogens is 1. The summed E-state index contributed by atoms with van der Waals surface area (Å²) < 4.78 is 11.4. The number of hydrogen-bond acceptors (Lipinski definition) is 5. The van der Waals surface area contributed by atoms with Crippen molar-refractivity contribution in [3.63, 3.8) is 0 Å². The number of nitrogens with one attached hydrogen (secondary N) is 2. The molecule has 2 aliphatic rings. The molecule has 34 heavy (non-hydrogen) atoms. The normalized spacial score (nSPS) is 15.6. The summed E-state index contributed by atoms with van der Waals surface area (Å²) in [6.45, 7) is 4.05. The maximum Gasteiger partial charge on any atom is 0.291 e. The zero-order valence-electron chi connectivity index (χ0n) is 19.0. The van der Waals surface area contributed by atoms with E-state index in [1.54, 1.807) is 24.4 Å². The fourth-order valence-electron chi connectivity index (χ4n) is 4.15. The third kappa shape index (κ3) is 4.66. The van der Waals surface area contributed by atoms with E-state index in [4.69, 9.17) is 9.15 Å². The van der Waals surface area contributed by atoms with Gasteiger partial charge in [-0.05, 0) is 44.0 Å². The van der Waals surface area contributed by atoms with E-state index in [2.05, 4.69) is 15.3 Å². The molecule has 0 atom stereocenters. The molecule has 1 saturated heterocycles. The van der Waals surface area contributed by atoms with Crippen LogP contribution in [-0.4, -0.2) is 47.0 Å². The molecule has 3 aromatic rings. The number of likely N-dealkylation sites (tertiary alicyclic amines) is 1. The second kappa shape index (κ2) is 9.43. The lowest BCUT2D eigenvalue weighted by Gasteiger charge is -2.15. The van der Waals surface area contributed by atoms with Crippen LogP contribution in [0.5, 0.6) is 5.75 Å². The van der Waals surface area contributed by atoms with Gasteiger partial charge in [0.05, 0.1) is 23.2 Å². The molecule has 1 aromatic carbocycles. The van der Waals surface area contributed by atoms with Gasteiger partial charge in [0.1, 0.15) is 11.5 Å². The molecule has 8 heteroatoms. The lowest BCUT2D eigenvalue weighted by molar-refractivity contribution is 0.0792. The van der Waals surface area contributed by atoms with Crippen LogP contribution in [0.2, 0.25) is 0 Å². The van der Waals surface area contributed by atoms with Crippen molar-refractivity contribution in [2.24, 2.45) is 4.99 Å². The van der Waals surface area contributed by atoms with Gasteiger partial charge in [-0.15, -0.1) is 0 Å². The molecule has 0 aliphatic carbocycles. The van der Waals surface area contributed by atoms with Gasteiger partial charge in [0, 0.05) is 55.6 Å². The Morgan fingerprint density at radius 3 is 2.82 bits per heavy atom. The topological polar surface area (TPSA) is 99.9 Å². The van der Waals surface area contributed by atoms with Crippen LogP contribution >= 0.6 is 0 Å². The number of amides is 2. The second-order valence-corrected chi connectivity index (χ2v) is 8.45. The maximum atomic E-state index is 12.6. The minimum Gasteiger partial charge on any atom is -0.462 e. The minimum atomic E-state index is -0.308. The van der Waals surface area contributed by atoms with E-state index >= 15 is 0 Å². The van der Waals surface area contributed by atoms with E-state index < -0.39 is 0 Å². The number of aromatic amines is 1. The molecule has 4 heterocycles. The number of carbonyl (C=O) groups excluding carboxylic acids is 2. The van der Waals surface area contributed by atoms with Crippen molar-refractivity contribution in [3.05, 3.63) is 83.3 Å². The Hall–Kier alpha value is -4.07. The standard InChI is InChI=1S/C26H26N4O4/c1-17-8-12-33-24(17)25(31)29-19-5-4-6-20(14-19)34-21-7-9-27-23(15-21)22-13-18(16-28-22)26(32)30-10-2-3-11-30/h4-6,8,12-16,28H,2-3,7,9-11H2,1H3,(H,29,31). The summed E-state index contributed by atoms with van der Waals surface area (Å²) in [4.78, 5) is 34.7. The molecule has 2 N–H and O–H groups in total. The Morgan fingerprint density at radius 2 is 2.03 bits per heavy atom. The SMILES string of the molecule is Cc1ccoc1C(=O)Nc1cccc(OC2=CC(c3cc(C(=O)N4CCCC4)c[nH]3)=NCC2)c1. The van der Waals surface area contributed by atoms with Gasteiger partial charge in [-0.25, -0.2) is 0 Å². The number of hydrogen-bond donors (Lipinski definition) is 2. The highest BCUT2D eigenvalue weighted by Gasteiger charge is 2.21. The number of furan rings is 1. The van der Waals surface area contributed by atoms with Crippen molar-refractivity contribution in [1.29, 1.82) is 0 Å². The molecule has 0 unspecified atom stereocenters. The van der Waals surface area contributed by atoms with E-state index in [9.17, 15) is 9.59 Å². The molecule has 2 aliphatic heterocycles. The predicted molar refractivity (Wildman–Crippen MR) is 129 cm³/mol. The smallest absolute Gasteiger partial charge is 0.291 e. The average molecular weight is 459 g/mol. The lowest BCUT2D eigenvalue weighted by Crippen LogP contribution is -2.27. The number of ether oxygens (including phenoxy) is 1. The Bertz CT molecular complexity index is 1280. The Labute approximate surface area is 197 Å². The van der Waals surface area contributed by atoms with Crippen LogP contribution in [-0.2, 0) is 0 Å². The van der Waals surface area contributed by atoms with Crippen molar-refractivity contribution in [3.8, 4) is 5.75 Å². The summed E-state index contributed by atoms with van der Waals surface area (Å²) in [5, 5.41) is 2.84. The molecular formula is C26H26N4O4. The first kappa shape index (κ1) is 21.8. The maximum absolute atomic E-state index is 12.6. The van der Waals surface area contributed by atoms with Crippen LogP contribution < -0.4 is 10.1 Å². The van der Waals surface area contributed by atoms with Gasteiger partial charge in [0.25, 0.3) is 11.8 Å². The zero-order valence-corrected chi connectivity index (χ0v) is 19.0. The summed E-state index contributed by atoms with van der Waals surface area (Å²) in [5.41, 5.74) is 3.57. The van der Waals surface area contributed by atoms with Crippen molar-refractivity contribution in [2.75, 3.05) is 25.0 Å². The van der Waals surface area contributed by atoms with Crippen LogP contribution in [0.4, 0.5) is 5.69 Å². The molecule has 1 fully saturated rings. The molecule has 0 bridgehead atoms. The molecule has 174 valence electrons. The van der Waals surface area contributed by atoms with Gasteiger partial charge in [-0.1, -0.05) is 6.07 Å². The fourth-order valence-corrected chi connectivity index (χ4v) is 4.15. The minimum absolute atomic E-state index is 0.0560. The van der Waals surface area contributed by atoms with E-state index in [1.807, 2.05) is 36.1 Å². The molecule has 2 amide bonds. The summed E-state index contributed by atoms with van der Waals surface area (Å²) in [6.07, 6.45) is 7.91. The zero-order chi connectivity index (χ0) is 23.5. The Morgan fingerprint density at radius 1 is 1.18 bits per heavy atom. The molecule has 0 spiro atoms. The number of allylic oxidation sites excluding steroid dienone is 1. The van der Waals surface area contributed by atoms with E-state index in [0.717, 1.165) is 48.7 Å². The third-order valence-corrected chi connectivity index (χ3v) is 5.95. The second-order valence-electron chi connectivity index (χ2n) is 8.45. The summed E-state index contributed by atoms with van der Waals surface area (Å²) in [7, 11) is 0. The number of benzene rings is 1. The predicted octanol–water partition coefficient (Wildman–Crippen LogP) is 4.56. The van der Waals surface area contributed by atoms with Gasteiger partial charge in [-0.2, -0.15) is 0 Å². The van der Waals surface area contributed by atoms with Crippen LogP contribution in [0, 0.1) is 6.92 Å². The number of aryl methyl sites for hydroxylation is 1. The summed E-state index contributed by atoms with van der Waals surface area (Å²) in [6, 6.07) is 10.8. The van der Waals surface area contributed by atoms with Gasteiger partial charge in [-0.3, -0.25) is 14.6 Å². The largest absolute Gasteiger partial charge is 0.462 e. The Kier molecular flexibility index (Phi) is 6.03. The highest BCUT2D eigenvalue weighted by molar-refractivity contribution is 6.09. The van der Waals surface area contributed by atoms with Gasteiger partial charge in [0.2, 0.25) is 0 Å². The van der Waals surface area contributed by atoms with Crippen molar-refractivity contribution in [2.45, 2.75) is 26.2 Å². The molecule has 2 aromatic heterocycles. The number of carbonyl (C=O) groups is 2. The molecule has 8 nitrogen and oxygen atoms in total. The van der Waals surface area contributed by atoms with Crippen LogP contribution in [0.15, 0.2) is 70.1 Å². The molecule has 5 rings (SSSR count). The third-order valence-electron chi connectivity index (χ3n) is 5.95. The van der Waals surface area contributed by atoms with Crippen LogP contribution in [0.25, 0.3) is 0 Å². The number of nitrogens with zero attached hydrogens (tertiary/aromatic N) is 2. The first-order valence-electron chi connectivity index (χ1n) is 11.4. The average Bonchev–Trinajstić information content (AvgIpc) is 3.61. The van der Waals surface area contributed by atoms with Crippen LogP contribution in [0.3, 0.4) is 0 Å². The molecular weight excluding hydrogens is 432 g/mol. The van der Waals surface area contributed by atoms with Crippen molar-refractivity contribution >= 4 is 23.2 Å². The van der Waals surface area contributed by atoms with Crippen molar-refractivity contribution in [1.82, 2.24) is 9.88 Å². The highest BCUT2D eigenvalue weighted by atomic mass is 16.5. The van der Waals surface area contributed by atoms with E-state index in [0.29, 0.717) is 30.0 Å². The van der Waals surface area contributed by atoms with E-state index in [-0.39, 0.29) is 17.6 Å².